The van der Waals surface area contributed by atoms with Gasteiger partial charge >= 0.3 is 0 Å². The Morgan fingerprint density at radius 2 is 1.93 bits per heavy atom. The number of nitrogens with zero attached hydrogens (tertiary/aromatic N) is 2. The second kappa shape index (κ2) is 10.8. The molecule has 0 amide bonds. The van der Waals surface area contributed by atoms with Crippen LogP contribution < -0.4 is 10.6 Å². The van der Waals surface area contributed by atoms with E-state index in [1.165, 1.54) is 58.0 Å². The zero-order valence-electron chi connectivity index (χ0n) is 18.3. The second-order valence-corrected chi connectivity index (χ2v) is 8.90. The van der Waals surface area contributed by atoms with Crippen LogP contribution in [-0.2, 0) is 9.47 Å². The van der Waals surface area contributed by atoms with Gasteiger partial charge in [0.2, 0.25) is 0 Å². The monoisotopic (exact) mass is 394 g/mol. The number of aliphatic imine (C=N–C) groups is 1. The Morgan fingerprint density at radius 3 is 2.57 bits per heavy atom. The van der Waals surface area contributed by atoms with Crippen molar-refractivity contribution in [2.45, 2.75) is 70.4 Å². The SMILES string of the molecule is CCOC1CC(NC(=NC)NCC2CCN(CCOC)CC2)C12CCCCC2. The molecule has 162 valence electrons. The van der Waals surface area contributed by atoms with Crippen molar-refractivity contribution in [1.82, 2.24) is 15.5 Å². The van der Waals surface area contributed by atoms with E-state index in [1.54, 1.807) is 7.11 Å². The number of ether oxygens (including phenoxy) is 2. The first-order chi connectivity index (χ1) is 13.7. The van der Waals surface area contributed by atoms with E-state index in [4.69, 9.17) is 9.47 Å². The van der Waals surface area contributed by atoms with Gasteiger partial charge in [-0.15, -0.1) is 0 Å². The van der Waals surface area contributed by atoms with Crippen LogP contribution in [0.4, 0.5) is 0 Å². The number of likely N-dealkylation sites (tertiary alicyclic amines) is 1. The molecule has 2 unspecified atom stereocenters. The number of guanidine groups is 1. The molecule has 3 aliphatic rings. The number of methoxy groups -OCH3 is 1. The predicted octanol–water partition coefficient (Wildman–Crippen LogP) is 2.64. The Balaban J connectivity index is 1.43. The molecule has 1 heterocycles. The molecular weight excluding hydrogens is 352 g/mol. The molecule has 2 N–H and O–H groups in total. The van der Waals surface area contributed by atoms with E-state index in [0.29, 0.717) is 17.6 Å². The standard InChI is InChI=1S/C22H42N4O2/c1-4-28-20-16-19(22(20)10-6-5-7-11-22)25-21(23-2)24-17-18-8-12-26(13-9-18)14-15-27-3/h18-20H,4-17H2,1-3H3,(H2,23,24,25). The Kier molecular flexibility index (Phi) is 8.42. The maximum atomic E-state index is 6.10. The Morgan fingerprint density at radius 1 is 1.18 bits per heavy atom. The summed E-state index contributed by atoms with van der Waals surface area (Å²) in [5.74, 6) is 1.71. The lowest BCUT2D eigenvalue weighted by Crippen LogP contribution is -2.66. The van der Waals surface area contributed by atoms with Crippen molar-refractivity contribution in [3.8, 4) is 0 Å². The molecule has 0 bridgehead atoms. The molecule has 1 aliphatic heterocycles. The topological polar surface area (TPSA) is 58.1 Å². The minimum atomic E-state index is 0.332. The number of hydrogen-bond acceptors (Lipinski definition) is 4. The molecule has 1 saturated heterocycles. The summed E-state index contributed by atoms with van der Waals surface area (Å²) in [5.41, 5.74) is 0.332. The molecule has 3 rings (SSSR count). The van der Waals surface area contributed by atoms with Gasteiger partial charge in [-0.2, -0.15) is 0 Å². The average molecular weight is 395 g/mol. The van der Waals surface area contributed by atoms with E-state index >= 15 is 0 Å². The zero-order chi connectivity index (χ0) is 19.8. The highest BCUT2D eigenvalue weighted by molar-refractivity contribution is 5.80. The van der Waals surface area contributed by atoms with E-state index in [1.807, 2.05) is 7.05 Å². The number of nitrogens with one attached hydrogen (secondary N) is 2. The highest BCUT2D eigenvalue weighted by Crippen LogP contribution is 2.53. The number of hydrogen-bond donors (Lipinski definition) is 2. The first-order valence-electron chi connectivity index (χ1n) is 11.5. The molecule has 28 heavy (non-hydrogen) atoms. The van der Waals surface area contributed by atoms with E-state index in [-0.39, 0.29) is 0 Å². The molecule has 6 heteroatoms. The van der Waals surface area contributed by atoms with Crippen molar-refractivity contribution < 1.29 is 9.47 Å². The van der Waals surface area contributed by atoms with Crippen LogP contribution in [0, 0.1) is 11.3 Å². The zero-order valence-corrected chi connectivity index (χ0v) is 18.3. The minimum Gasteiger partial charge on any atom is -0.383 e. The molecule has 2 aliphatic carbocycles. The Bertz CT molecular complexity index is 485. The Labute approximate surface area is 171 Å². The van der Waals surface area contributed by atoms with Crippen LogP contribution in [0.15, 0.2) is 4.99 Å². The smallest absolute Gasteiger partial charge is 0.191 e. The maximum absolute atomic E-state index is 6.10. The lowest BCUT2D eigenvalue weighted by molar-refractivity contribution is -0.145. The molecular formula is C22H42N4O2. The van der Waals surface area contributed by atoms with Crippen molar-refractivity contribution >= 4 is 5.96 Å². The van der Waals surface area contributed by atoms with Gasteiger partial charge in [0.05, 0.1) is 12.7 Å². The van der Waals surface area contributed by atoms with E-state index in [0.717, 1.165) is 44.6 Å². The first kappa shape index (κ1) is 21.8. The summed E-state index contributed by atoms with van der Waals surface area (Å²) in [6.45, 7) is 8.24. The largest absolute Gasteiger partial charge is 0.383 e. The molecule has 0 aromatic rings. The molecule has 2 saturated carbocycles. The van der Waals surface area contributed by atoms with Crippen LogP contribution in [-0.4, -0.2) is 76.6 Å². The second-order valence-electron chi connectivity index (χ2n) is 8.90. The van der Waals surface area contributed by atoms with Gasteiger partial charge in [-0.05, 0) is 58.0 Å². The van der Waals surface area contributed by atoms with Gasteiger partial charge in [0.1, 0.15) is 0 Å². The van der Waals surface area contributed by atoms with Crippen molar-refractivity contribution in [1.29, 1.82) is 0 Å². The van der Waals surface area contributed by atoms with E-state index < -0.39 is 0 Å². The van der Waals surface area contributed by atoms with Gasteiger partial charge in [0.15, 0.2) is 5.96 Å². The molecule has 0 aromatic carbocycles. The summed E-state index contributed by atoms with van der Waals surface area (Å²) in [6.07, 6.45) is 10.7. The van der Waals surface area contributed by atoms with Gasteiger partial charge in [0, 0.05) is 45.3 Å². The summed E-state index contributed by atoms with van der Waals surface area (Å²) in [5, 5.41) is 7.38. The fourth-order valence-corrected chi connectivity index (χ4v) is 5.50. The van der Waals surface area contributed by atoms with Crippen LogP contribution in [0.2, 0.25) is 0 Å². The lowest BCUT2D eigenvalue weighted by Gasteiger charge is -2.58. The van der Waals surface area contributed by atoms with Crippen LogP contribution in [0.5, 0.6) is 0 Å². The third-order valence-electron chi connectivity index (χ3n) is 7.35. The third-order valence-corrected chi connectivity index (χ3v) is 7.35. The molecule has 1 spiro atoms. The van der Waals surface area contributed by atoms with Gasteiger partial charge in [-0.3, -0.25) is 4.99 Å². The molecule has 3 fully saturated rings. The minimum absolute atomic E-state index is 0.332. The molecule has 0 radical (unpaired) electrons. The fraction of sp³-hybridized carbons (Fsp3) is 0.955. The van der Waals surface area contributed by atoms with Gasteiger partial charge < -0.3 is 25.0 Å². The quantitative estimate of drug-likeness (QED) is 0.490. The lowest BCUT2D eigenvalue weighted by atomic mass is 9.55. The summed E-state index contributed by atoms with van der Waals surface area (Å²) in [4.78, 5) is 7.04. The highest BCUT2D eigenvalue weighted by atomic mass is 16.5. The van der Waals surface area contributed by atoms with Crippen molar-refractivity contribution in [3.63, 3.8) is 0 Å². The predicted molar refractivity (Wildman–Crippen MR) is 115 cm³/mol. The van der Waals surface area contributed by atoms with E-state index in [2.05, 4.69) is 27.4 Å². The number of rotatable bonds is 8. The number of piperidine rings is 1. The normalized spacial score (nSPS) is 28.9. The molecule has 6 nitrogen and oxygen atoms in total. The van der Waals surface area contributed by atoms with Gasteiger partial charge in [-0.1, -0.05) is 19.3 Å². The van der Waals surface area contributed by atoms with Crippen LogP contribution in [0.25, 0.3) is 0 Å². The Hall–Kier alpha value is -0.850. The van der Waals surface area contributed by atoms with Crippen LogP contribution in [0.3, 0.4) is 0 Å². The van der Waals surface area contributed by atoms with Crippen LogP contribution in [0.1, 0.15) is 58.3 Å². The van der Waals surface area contributed by atoms with Crippen molar-refractivity contribution in [2.24, 2.45) is 16.3 Å². The van der Waals surface area contributed by atoms with Crippen molar-refractivity contribution in [3.05, 3.63) is 0 Å². The summed E-state index contributed by atoms with van der Waals surface area (Å²) in [7, 11) is 3.68. The fourth-order valence-electron chi connectivity index (χ4n) is 5.50. The van der Waals surface area contributed by atoms with Gasteiger partial charge in [0.25, 0.3) is 0 Å². The average Bonchev–Trinajstić information content (AvgIpc) is 2.75. The van der Waals surface area contributed by atoms with Gasteiger partial charge in [-0.25, -0.2) is 0 Å². The van der Waals surface area contributed by atoms with E-state index in [9.17, 15) is 0 Å². The van der Waals surface area contributed by atoms with Crippen LogP contribution >= 0.6 is 0 Å². The first-order valence-corrected chi connectivity index (χ1v) is 11.5. The highest BCUT2D eigenvalue weighted by Gasteiger charge is 2.55. The molecule has 0 aromatic heterocycles. The maximum Gasteiger partial charge on any atom is 0.191 e. The molecule has 2 atom stereocenters. The van der Waals surface area contributed by atoms with Crippen molar-refractivity contribution in [2.75, 3.05) is 53.6 Å². The summed E-state index contributed by atoms with van der Waals surface area (Å²) < 4.78 is 11.3. The third kappa shape index (κ3) is 5.19. The summed E-state index contributed by atoms with van der Waals surface area (Å²) in [6, 6.07) is 0.506. The summed E-state index contributed by atoms with van der Waals surface area (Å²) >= 11 is 0.